The fraction of sp³-hybridized carbons (Fsp3) is 0.857. The molecular formula is C7H12O7. The summed E-state index contributed by atoms with van der Waals surface area (Å²) in [5, 5.41) is 44.9. The molecule has 0 saturated carbocycles. The lowest BCUT2D eigenvalue weighted by atomic mass is 9.95. The summed E-state index contributed by atoms with van der Waals surface area (Å²) in [6.07, 6.45) is -7.67. The summed E-state index contributed by atoms with van der Waals surface area (Å²) in [6.45, 7) is -0.630. The molecule has 0 spiro atoms. The number of aliphatic hydroxyl groups is 4. The second kappa shape index (κ2) is 4.20. The van der Waals surface area contributed by atoms with Crippen LogP contribution in [0, 0.1) is 0 Å². The summed E-state index contributed by atoms with van der Waals surface area (Å²) in [6, 6.07) is 0. The molecule has 82 valence electrons. The molecule has 7 nitrogen and oxygen atoms in total. The Balaban J connectivity index is 2.78. The maximum atomic E-state index is 10.5. The number of aliphatic carboxylic acids is 1. The molecule has 1 saturated heterocycles. The van der Waals surface area contributed by atoms with Crippen molar-refractivity contribution in [3.63, 3.8) is 0 Å². The molecule has 0 unspecified atom stereocenters. The number of carbonyl (C=O) groups is 1. The molecule has 0 aliphatic carbocycles. The van der Waals surface area contributed by atoms with Crippen molar-refractivity contribution in [2.45, 2.75) is 30.5 Å². The largest absolute Gasteiger partial charge is 0.479 e. The van der Waals surface area contributed by atoms with Gasteiger partial charge in [-0.2, -0.15) is 0 Å². The van der Waals surface area contributed by atoms with Crippen molar-refractivity contribution < 1.29 is 35.1 Å². The summed E-state index contributed by atoms with van der Waals surface area (Å²) in [4.78, 5) is 10.5. The zero-order chi connectivity index (χ0) is 10.9. The van der Waals surface area contributed by atoms with Crippen LogP contribution in [0.4, 0.5) is 0 Å². The van der Waals surface area contributed by atoms with Crippen LogP contribution in [-0.2, 0) is 9.53 Å². The van der Waals surface area contributed by atoms with Crippen LogP contribution in [0.5, 0.6) is 0 Å². The van der Waals surface area contributed by atoms with Gasteiger partial charge in [-0.25, -0.2) is 4.79 Å². The number of aliphatic hydroxyl groups excluding tert-OH is 4. The van der Waals surface area contributed by atoms with E-state index in [0.29, 0.717) is 0 Å². The molecule has 0 radical (unpaired) electrons. The number of carboxylic acid groups (broad SMARTS) is 1. The van der Waals surface area contributed by atoms with Gasteiger partial charge in [0.1, 0.15) is 24.4 Å². The van der Waals surface area contributed by atoms with Crippen LogP contribution < -0.4 is 0 Å². The zero-order valence-corrected chi connectivity index (χ0v) is 7.15. The van der Waals surface area contributed by atoms with Crippen LogP contribution in [0.1, 0.15) is 0 Å². The van der Waals surface area contributed by atoms with Crippen molar-refractivity contribution in [2.24, 2.45) is 0 Å². The van der Waals surface area contributed by atoms with Gasteiger partial charge < -0.3 is 30.3 Å². The van der Waals surface area contributed by atoms with Gasteiger partial charge in [-0.1, -0.05) is 0 Å². The summed E-state index contributed by atoms with van der Waals surface area (Å²) in [5.74, 6) is -1.46. The third kappa shape index (κ3) is 1.86. The number of hydrogen-bond acceptors (Lipinski definition) is 6. The molecule has 1 aliphatic heterocycles. The van der Waals surface area contributed by atoms with Gasteiger partial charge in [0.15, 0.2) is 6.10 Å². The monoisotopic (exact) mass is 208 g/mol. The molecule has 5 N–H and O–H groups in total. The Morgan fingerprint density at radius 2 is 1.71 bits per heavy atom. The van der Waals surface area contributed by atoms with Crippen LogP contribution in [0.25, 0.3) is 0 Å². The Labute approximate surface area is 79.2 Å². The smallest absolute Gasteiger partial charge is 0.335 e. The highest BCUT2D eigenvalue weighted by atomic mass is 16.6. The van der Waals surface area contributed by atoms with Crippen molar-refractivity contribution in [3.05, 3.63) is 0 Å². The predicted molar refractivity (Wildman–Crippen MR) is 41.4 cm³/mol. The SMILES string of the molecule is O=C(O)[C@@H]1O[C@H](CO)[C@@H](O)[C@H](O)[C@H]1O. The fourth-order valence-corrected chi connectivity index (χ4v) is 1.31. The third-order valence-electron chi connectivity index (χ3n) is 2.14. The first-order valence-corrected chi connectivity index (χ1v) is 4.02. The van der Waals surface area contributed by atoms with Crippen LogP contribution in [-0.4, -0.2) is 68.6 Å². The molecule has 0 aromatic carbocycles. The zero-order valence-electron chi connectivity index (χ0n) is 7.15. The van der Waals surface area contributed by atoms with Crippen molar-refractivity contribution >= 4 is 5.97 Å². The van der Waals surface area contributed by atoms with E-state index in [1.807, 2.05) is 0 Å². The van der Waals surface area contributed by atoms with Crippen molar-refractivity contribution in [1.82, 2.24) is 0 Å². The molecule has 5 atom stereocenters. The van der Waals surface area contributed by atoms with Gasteiger partial charge in [0.25, 0.3) is 0 Å². The average molecular weight is 208 g/mol. The van der Waals surface area contributed by atoms with Crippen molar-refractivity contribution in [2.75, 3.05) is 6.61 Å². The average Bonchev–Trinajstić information content (AvgIpc) is 2.14. The Kier molecular flexibility index (Phi) is 3.40. The van der Waals surface area contributed by atoms with Crippen molar-refractivity contribution in [1.29, 1.82) is 0 Å². The van der Waals surface area contributed by atoms with Crippen LogP contribution in [0.2, 0.25) is 0 Å². The summed E-state index contributed by atoms with van der Waals surface area (Å²) < 4.78 is 4.68. The Morgan fingerprint density at radius 3 is 2.14 bits per heavy atom. The molecule has 1 aliphatic rings. The van der Waals surface area contributed by atoms with E-state index in [1.54, 1.807) is 0 Å². The van der Waals surface area contributed by atoms with Crippen LogP contribution in [0.15, 0.2) is 0 Å². The van der Waals surface area contributed by atoms with Gasteiger partial charge in [0.2, 0.25) is 0 Å². The lowest BCUT2D eigenvalue weighted by molar-refractivity contribution is -0.233. The molecule has 1 rings (SSSR count). The van der Waals surface area contributed by atoms with E-state index in [1.165, 1.54) is 0 Å². The molecule has 0 aromatic heterocycles. The maximum Gasteiger partial charge on any atom is 0.335 e. The summed E-state index contributed by atoms with van der Waals surface area (Å²) in [7, 11) is 0. The van der Waals surface area contributed by atoms with Gasteiger partial charge >= 0.3 is 5.97 Å². The molecular weight excluding hydrogens is 196 g/mol. The standard InChI is InChI=1S/C7H12O7/c8-1-2-3(9)4(10)5(11)6(14-2)7(12)13/h2-6,8-11H,1H2,(H,12,13)/t2-,3-,4+,5-,6-/m1/s1. The Morgan fingerprint density at radius 1 is 1.14 bits per heavy atom. The van der Waals surface area contributed by atoms with E-state index in [-0.39, 0.29) is 0 Å². The van der Waals surface area contributed by atoms with E-state index in [0.717, 1.165) is 0 Å². The molecule has 7 heteroatoms. The van der Waals surface area contributed by atoms with E-state index < -0.39 is 43.1 Å². The van der Waals surface area contributed by atoms with Gasteiger partial charge in [-0.3, -0.25) is 0 Å². The molecule has 14 heavy (non-hydrogen) atoms. The highest BCUT2D eigenvalue weighted by Crippen LogP contribution is 2.20. The number of carboxylic acids is 1. The van der Waals surface area contributed by atoms with Gasteiger partial charge in [-0.05, 0) is 0 Å². The summed E-state index contributed by atoms with van der Waals surface area (Å²) >= 11 is 0. The fourth-order valence-electron chi connectivity index (χ4n) is 1.31. The Hall–Kier alpha value is -0.730. The van der Waals surface area contributed by atoms with Crippen molar-refractivity contribution in [3.8, 4) is 0 Å². The second-order valence-electron chi connectivity index (χ2n) is 3.09. The van der Waals surface area contributed by atoms with E-state index in [4.69, 9.17) is 10.2 Å². The maximum absolute atomic E-state index is 10.5. The molecule has 1 heterocycles. The normalized spacial score (nSPS) is 43.6. The van der Waals surface area contributed by atoms with E-state index in [9.17, 15) is 20.1 Å². The third-order valence-corrected chi connectivity index (χ3v) is 2.14. The minimum atomic E-state index is -1.70. The first kappa shape index (κ1) is 11.3. The number of rotatable bonds is 2. The van der Waals surface area contributed by atoms with Crippen LogP contribution in [0.3, 0.4) is 0 Å². The molecule has 1 fully saturated rings. The number of hydrogen-bond donors (Lipinski definition) is 5. The van der Waals surface area contributed by atoms with Gasteiger partial charge in [0.05, 0.1) is 6.61 Å². The van der Waals surface area contributed by atoms with Gasteiger partial charge in [0, 0.05) is 0 Å². The van der Waals surface area contributed by atoms with Gasteiger partial charge in [-0.15, -0.1) is 0 Å². The lowest BCUT2D eigenvalue weighted by Crippen LogP contribution is -2.60. The Bertz CT molecular complexity index is 216. The minimum Gasteiger partial charge on any atom is -0.479 e. The van der Waals surface area contributed by atoms with E-state index in [2.05, 4.69) is 4.74 Å². The molecule has 0 aromatic rings. The molecule has 0 bridgehead atoms. The lowest BCUT2D eigenvalue weighted by Gasteiger charge is -2.38. The molecule has 0 amide bonds. The quantitative estimate of drug-likeness (QED) is 0.325. The second-order valence-corrected chi connectivity index (χ2v) is 3.09. The van der Waals surface area contributed by atoms with Crippen LogP contribution >= 0.6 is 0 Å². The number of ether oxygens (including phenoxy) is 1. The van der Waals surface area contributed by atoms with E-state index >= 15 is 0 Å². The minimum absolute atomic E-state index is 0.630. The summed E-state index contributed by atoms with van der Waals surface area (Å²) in [5.41, 5.74) is 0. The predicted octanol–water partition coefficient (Wildman–Crippen LogP) is -3.09. The highest BCUT2D eigenvalue weighted by molar-refractivity contribution is 5.73. The highest BCUT2D eigenvalue weighted by Gasteiger charge is 2.46. The topological polar surface area (TPSA) is 127 Å². The first-order chi connectivity index (χ1) is 6.49. The first-order valence-electron chi connectivity index (χ1n) is 4.02.